The van der Waals surface area contributed by atoms with Crippen molar-refractivity contribution in [1.82, 2.24) is 14.7 Å². The summed E-state index contributed by atoms with van der Waals surface area (Å²) in [4.78, 5) is 45.4. The van der Waals surface area contributed by atoms with Crippen LogP contribution in [-0.4, -0.2) is 102 Å². The zero-order chi connectivity index (χ0) is 27.0. The fourth-order valence-corrected chi connectivity index (χ4v) is 5.05. The molecule has 3 heterocycles. The first-order valence-electron chi connectivity index (χ1n) is 12.4. The van der Waals surface area contributed by atoms with E-state index in [9.17, 15) is 27.6 Å². The van der Waals surface area contributed by atoms with Gasteiger partial charge in [0.1, 0.15) is 17.7 Å². The van der Waals surface area contributed by atoms with Gasteiger partial charge in [-0.3, -0.25) is 9.59 Å². The number of nitrogens with zero attached hydrogens (tertiary/aromatic N) is 4. The highest BCUT2D eigenvalue weighted by Crippen LogP contribution is 2.40. The first-order chi connectivity index (χ1) is 17.3. The molecule has 12 heteroatoms. The molecule has 3 saturated heterocycles. The second-order valence-electron chi connectivity index (χ2n) is 10.6. The first kappa shape index (κ1) is 27.0. The van der Waals surface area contributed by atoms with E-state index in [0.29, 0.717) is 25.9 Å². The van der Waals surface area contributed by atoms with E-state index in [4.69, 9.17) is 9.47 Å². The molecule has 4 rings (SSSR count). The smallest absolute Gasteiger partial charge is 0.416 e. The van der Waals surface area contributed by atoms with Crippen LogP contribution in [0.2, 0.25) is 0 Å². The molecule has 0 aromatic heterocycles. The van der Waals surface area contributed by atoms with Crippen molar-refractivity contribution in [2.75, 3.05) is 50.9 Å². The number of alkyl halides is 3. The zero-order valence-electron chi connectivity index (χ0n) is 21.3. The molecule has 3 aliphatic heterocycles. The predicted molar refractivity (Wildman–Crippen MR) is 128 cm³/mol. The summed E-state index contributed by atoms with van der Waals surface area (Å²) in [5.74, 6) is -0.823. The van der Waals surface area contributed by atoms with Crippen molar-refractivity contribution in [3.05, 3.63) is 30.3 Å². The maximum Gasteiger partial charge on any atom is 0.416 e. The minimum absolute atomic E-state index is 0.0336. The van der Waals surface area contributed by atoms with Crippen molar-refractivity contribution < 1.29 is 37.0 Å². The zero-order valence-corrected chi connectivity index (χ0v) is 21.3. The number of benzene rings is 1. The van der Waals surface area contributed by atoms with Crippen LogP contribution in [0.5, 0.6) is 0 Å². The molecule has 9 nitrogen and oxygen atoms in total. The highest BCUT2D eigenvalue weighted by Gasteiger charge is 2.55. The van der Waals surface area contributed by atoms with E-state index in [1.807, 2.05) is 35.2 Å². The van der Waals surface area contributed by atoms with Crippen LogP contribution in [0, 0.1) is 0 Å². The molecule has 1 aromatic carbocycles. The van der Waals surface area contributed by atoms with Gasteiger partial charge in [-0.2, -0.15) is 13.2 Å². The topological polar surface area (TPSA) is 82.6 Å². The maximum absolute atomic E-state index is 13.8. The van der Waals surface area contributed by atoms with E-state index in [1.165, 1.54) is 4.90 Å². The Kier molecular flexibility index (Phi) is 7.33. The molecule has 204 valence electrons. The number of likely N-dealkylation sites (tertiary alicyclic amines) is 1. The van der Waals surface area contributed by atoms with Gasteiger partial charge in [0.2, 0.25) is 5.91 Å². The van der Waals surface area contributed by atoms with Gasteiger partial charge in [-0.25, -0.2) is 4.79 Å². The Hall–Kier alpha value is -3.02. The fraction of sp³-hybridized carbons (Fsp3) is 0.640. The summed E-state index contributed by atoms with van der Waals surface area (Å²) in [6.45, 7) is 4.96. The lowest BCUT2D eigenvalue weighted by atomic mass is 9.85. The number of halogens is 3. The molecule has 0 N–H and O–H groups in total. The minimum atomic E-state index is -4.57. The third-order valence-electron chi connectivity index (χ3n) is 6.93. The summed E-state index contributed by atoms with van der Waals surface area (Å²) in [7, 11) is 0. The summed E-state index contributed by atoms with van der Waals surface area (Å²) in [5, 5.41) is 0. The van der Waals surface area contributed by atoms with Crippen molar-refractivity contribution in [2.45, 2.75) is 57.0 Å². The average Bonchev–Trinajstić information content (AvgIpc) is 3.09. The molecule has 0 bridgehead atoms. The molecule has 1 spiro atoms. The second kappa shape index (κ2) is 10.0. The first-order valence-corrected chi connectivity index (χ1v) is 12.4. The third-order valence-corrected chi connectivity index (χ3v) is 6.93. The Morgan fingerprint density at radius 1 is 1.05 bits per heavy atom. The molecule has 1 unspecified atom stereocenters. The predicted octanol–water partition coefficient (Wildman–Crippen LogP) is 2.85. The normalized spacial score (nSPS) is 22.5. The molecular formula is C25H33F3N4O5. The standard InChI is InChI=1S/C25H33F3N4O5/c1-23(2,3)37-22(35)29-11-9-24(10-12-29)21(34)31(17-32(24)18-7-5-4-6-8-18)16-20(33)30-13-14-36-19(15-30)25(26,27)28/h4-8,19H,9-17H2,1-3H3. The van der Waals surface area contributed by atoms with Crippen LogP contribution >= 0.6 is 0 Å². The highest BCUT2D eigenvalue weighted by atomic mass is 19.4. The number of ether oxygens (including phenoxy) is 2. The quantitative estimate of drug-likeness (QED) is 0.603. The molecule has 1 aromatic rings. The van der Waals surface area contributed by atoms with Crippen LogP contribution in [-0.2, 0) is 19.1 Å². The summed E-state index contributed by atoms with van der Waals surface area (Å²) < 4.78 is 49.7. The van der Waals surface area contributed by atoms with Gasteiger partial charge >= 0.3 is 12.3 Å². The van der Waals surface area contributed by atoms with E-state index in [-0.39, 0.29) is 32.3 Å². The van der Waals surface area contributed by atoms with Crippen molar-refractivity contribution in [3.8, 4) is 0 Å². The van der Waals surface area contributed by atoms with Crippen LogP contribution in [0.1, 0.15) is 33.6 Å². The summed E-state index contributed by atoms with van der Waals surface area (Å²) in [5.41, 5.74) is -0.826. The molecular weight excluding hydrogens is 493 g/mol. The maximum atomic E-state index is 13.8. The molecule has 37 heavy (non-hydrogen) atoms. The van der Waals surface area contributed by atoms with Gasteiger partial charge in [0.15, 0.2) is 6.10 Å². The van der Waals surface area contributed by atoms with Gasteiger partial charge in [-0.15, -0.1) is 0 Å². The minimum Gasteiger partial charge on any atom is -0.444 e. The second-order valence-corrected chi connectivity index (χ2v) is 10.6. The van der Waals surface area contributed by atoms with Gasteiger partial charge in [-0.05, 0) is 45.7 Å². The number of para-hydroxylation sites is 1. The van der Waals surface area contributed by atoms with Crippen LogP contribution in [0.25, 0.3) is 0 Å². The molecule has 3 aliphatic rings. The number of carbonyl (C=O) groups excluding carboxylic acids is 3. The number of carbonyl (C=O) groups is 3. The Labute approximate surface area is 214 Å². The molecule has 0 aliphatic carbocycles. The lowest BCUT2D eigenvalue weighted by molar-refractivity contribution is -0.236. The number of hydrogen-bond donors (Lipinski definition) is 0. The van der Waals surface area contributed by atoms with Gasteiger partial charge < -0.3 is 29.1 Å². The van der Waals surface area contributed by atoms with Gasteiger partial charge in [0.25, 0.3) is 5.91 Å². The lowest BCUT2D eigenvalue weighted by Crippen LogP contribution is -2.58. The SMILES string of the molecule is CC(C)(C)OC(=O)N1CCC2(CC1)C(=O)N(CC(=O)N1CCOC(C(F)(F)F)C1)CN2c1ccccc1. The number of amides is 3. The van der Waals surface area contributed by atoms with E-state index in [2.05, 4.69) is 0 Å². The number of piperidine rings is 1. The van der Waals surface area contributed by atoms with Crippen LogP contribution < -0.4 is 4.90 Å². The lowest BCUT2D eigenvalue weighted by Gasteiger charge is -2.43. The van der Waals surface area contributed by atoms with Crippen molar-refractivity contribution in [3.63, 3.8) is 0 Å². The van der Waals surface area contributed by atoms with Gasteiger partial charge in [0.05, 0.1) is 19.8 Å². The van der Waals surface area contributed by atoms with Crippen LogP contribution in [0.15, 0.2) is 30.3 Å². The van der Waals surface area contributed by atoms with Crippen LogP contribution in [0.4, 0.5) is 23.7 Å². The molecule has 1 atom stereocenters. The van der Waals surface area contributed by atoms with Crippen molar-refractivity contribution in [1.29, 1.82) is 0 Å². The Morgan fingerprint density at radius 3 is 2.30 bits per heavy atom. The number of hydrogen-bond acceptors (Lipinski definition) is 6. The van der Waals surface area contributed by atoms with E-state index in [0.717, 1.165) is 10.6 Å². The molecule has 3 amide bonds. The Morgan fingerprint density at radius 2 is 1.70 bits per heavy atom. The number of anilines is 1. The molecule has 0 radical (unpaired) electrons. The van der Waals surface area contributed by atoms with E-state index < -0.39 is 42.0 Å². The largest absolute Gasteiger partial charge is 0.444 e. The van der Waals surface area contributed by atoms with Gasteiger partial charge in [0, 0.05) is 25.3 Å². The summed E-state index contributed by atoms with van der Waals surface area (Å²) in [6.07, 6.45) is -6.39. The Bertz CT molecular complexity index is 1010. The van der Waals surface area contributed by atoms with Crippen molar-refractivity contribution in [2.24, 2.45) is 0 Å². The monoisotopic (exact) mass is 526 g/mol. The van der Waals surface area contributed by atoms with Crippen molar-refractivity contribution >= 4 is 23.6 Å². The summed E-state index contributed by atoms with van der Waals surface area (Å²) >= 11 is 0. The summed E-state index contributed by atoms with van der Waals surface area (Å²) in [6, 6.07) is 9.30. The van der Waals surface area contributed by atoms with E-state index >= 15 is 0 Å². The number of rotatable bonds is 3. The van der Waals surface area contributed by atoms with Gasteiger partial charge in [-0.1, -0.05) is 18.2 Å². The molecule has 3 fully saturated rings. The highest BCUT2D eigenvalue weighted by molar-refractivity contribution is 5.96. The average molecular weight is 527 g/mol. The fourth-order valence-electron chi connectivity index (χ4n) is 5.05. The third kappa shape index (κ3) is 5.78. The van der Waals surface area contributed by atoms with E-state index in [1.54, 1.807) is 25.7 Å². The number of morpholine rings is 1. The molecule has 0 saturated carbocycles. The Balaban J connectivity index is 1.50. The van der Waals surface area contributed by atoms with Crippen LogP contribution in [0.3, 0.4) is 0 Å².